The number of nitrogens with two attached hydrogens (primary N) is 1. The summed E-state index contributed by atoms with van der Waals surface area (Å²) in [5.74, 6) is -0.0439. The van der Waals surface area contributed by atoms with Crippen LogP contribution in [0.15, 0.2) is 24.3 Å². The Kier molecular flexibility index (Phi) is 4.98. The highest BCUT2D eigenvalue weighted by Crippen LogP contribution is 2.19. The predicted octanol–water partition coefficient (Wildman–Crippen LogP) is 0.875. The Morgan fingerprint density at radius 3 is 2.60 bits per heavy atom. The number of rotatable bonds is 5. The molecule has 1 aliphatic heterocycles. The molecule has 20 heavy (non-hydrogen) atoms. The van der Waals surface area contributed by atoms with Crippen LogP contribution in [0.2, 0.25) is 0 Å². The van der Waals surface area contributed by atoms with Crippen molar-refractivity contribution >= 4 is 11.6 Å². The van der Waals surface area contributed by atoms with Crippen LogP contribution >= 0.6 is 0 Å². The van der Waals surface area contributed by atoms with Gasteiger partial charge in [0.25, 0.3) is 0 Å². The Balaban J connectivity index is 1.81. The maximum Gasteiger partial charge on any atom is 0.249 e. The van der Waals surface area contributed by atoms with Gasteiger partial charge in [0.15, 0.2) is 0 Å². The predicted molar refractivity (Wildman–Crippen MR) is 79.6 cm³/mol. The molecule has 3 N–H and O–H groups in total. The normalized spacial score (nSPS) is 21.8. The van der Waals surface area contributed by atoms with Gasteiger partial charge in [-0.3, -0.25) is 4.79 Å². The number of hydrogen-bond acceptors (Lipinski definition) is 4. The minimum Gasteiger partial charge on any atom is -0.378 e. The highest BCUT2D eigenvalue weighted by Gasteiger charge is 2.29. The number of ether oxygens (including phenoxy) is 1. The van der Waals surface area contributed by atoms with Gasteiger partial charge < -0.3 is 20.7 Å². The molecule has 0 spiro atoms. The molecule has 1 aromatic rings. The molecule has 2 rings (SSSR count). The maximum absolute atomic E-state index is 12.0. The summed E-state index contributed by atoms with van der Waals surface area (Å²) in [5.41, 5.74) is 7.76. The molecule has 0 bridgehead atoms. The lowest BCUT2D eigenvalue weighted by atomic mass is 10.1. The van der Waals surface area contributed by atoms with E-state index in [2.05, 4.69) is 5.32 Å². The molecule has 5 nitrogen and oxygen atoms in total. The van der Waals surface area contributed by atoms with E-state index in [0.29, 0.717) is 13.1 Å². The van der Waals surface area contributed by atoms with E-state index in [4.69, 9.17) is 10.5 Å². The van der Waals surface area contributed by atoms with Crippen LogP contribution in [0.1, 0.15) is 18.4 Å². The Hall–Kier alpha value is -1.59. The molecule has 1 saturated heterocycles. The Morgan fingerprint density at radius 1 is 1.35 bits per heavy atom. The molecule has 0 saturated carbocycles. The molecular formula is C15H23N3O2. The van der Waals surface area contributed by atoms with E-state index in [-0.39, 0.29) is 18.1 Å². The molecule has 2 unspecified atom stereocenters. The SMILES string of the molecule is CN(C)c1ccc(CNC(=O)C2CCC(CN)O2)cc1. The Bertz CT molecular complexity index is 445. The fraction of sp³-hybridized carbons (Fsp3) is 0.533. The van der Waals surface area contributed by atoms with E-state index in [1.807, 2.05) is 43.3 Å². The zero-order valence-electron chi connectivity index (χ0n) is 12.1. The first-order chi connectivity index (χ1) is 9.60. The second-order valence-electron chi connectivity index (χ2n) is 5.34. The highest BCUT2D eigenvalue weighted by molar-refractivity contribution is 5.81. The quantitative estimate of drug-likeness (QED) is 0.838. The van der Waals surface area contributed by atoms with E-state index in [1.165, 1.54) is 0 Å². The molecule has 1 aromatic carbocycles. The van der Waals surface area contributed by atoms with Crippen molar-refractivity contribution < 1.29 is 9.53 Å². The average molecular weight is 277 g/mol. The van der Waals surface area contributed by atoms with Crippen LogP contribution in [0, 0.1) is 0 Å². The van der Waals surface area contributed by atoms with E-state index in [1.54, 1.807) is 0 Å². The van der Waals surface area contributed by atoms with E-state index < -0.39 is 0 Å². The van der Waals surface area contributed by atoms with Crippen LogP contribution < -0.4 is 16.0 Å². The average Bonchev–Trinajstić information content (AvgIpc) is 2.94. The van der Waals surface area contributed by atoms with Crippen LogP contribution in [0.5, 0.6) is 0 Å². The first kappa shape index (κ1) is 14.8. The standard InChI is InChI=1S/C15H23N3O2/c1-18(2)12-5-3-11(4-6-12)10-17-15(19)14-8-7-13(9-16)20-14/h3-6,13-14H,7-10,16H2,1-2H3,(H,17,19). The molecular weight excluding hydrogens is 254 g/mol. The van der Waals surface area contributed by atoms with Crippen molar-refractivity contribution in [2.75, 3.05) is 25.5 Å². The Morgan fingerprint density at radius 2 is 2.05 bits per heavy atom. The number of carbonyl (C=O) groups is 1. The van der Waals surface area contributed by atoms with Gasteiger partial charge in [0, 0.05) is 32.9 Å². The molecule has 0 radical (unpaired) electrons. The maximum atomic E-state index is 12.0. The fourth-order valence-electron chi connectivity index (χ4n) is 2.29. The van der Waals surface area contributed by atoms with Crippen molar-refractivity contribution in [1.82, 2.24) is 5.32 Å². The summed E-state index contributed by atoms with van der Waals surface area (Å²) >= 11 is 0. The molecule has 5 heteroatoms. The van der Waals surface area contributed by atoms with Crippen LogP contribution in [-0.4, -0.2) is 38.8 Å². The lowest BCUT2D eigenvalue weighted by molar-refractivity contribution is -0.132. The van der Waals surface area contributed by atoms with Gasteiger partial charge in [0.05, 0.1) is 6.10 Å². The molecule has 1 fully saturated rings. The number of nitrogens with one attached hydrogen (secondary N) is 1. The molecule has 110 valence electrons. The third kappa shape index (κ3) is 3.71. The van der Waals surface area contributed by atoms with Crippen LogP contribution in [-0.2, 0) is 16.1 Å². The number of hydrogen-bond donors (Lipinski definition) is 2. The first-order valence-corrected chi connectivity index (χ1v) is 6.99. The van der Waals surface area contributed by atoms with Crippen molar-refractivity contribution in [1.29, 1.82) is 0 Å². The third-order valence-corrected chi connectivity index (χ3v) is 3.58. The van der Waals surface area contributed by atoms with E-state index in [0.717, 1.165) is 24.1 Å². The second-order valence-corrected chi connectivity index (χ2v) is 5.34. The van der Waals surface area contributed by atoms with Gasteiger partial charge in [0.1, 0.15) is 6.10 Å². The largest absolute Gasteiger partial charge is 0.378 e. The minimum atomic E-state index is -0.343. The fourth-order valence-corrected chi connectivity index (χ4v) is 2.29. The smallest absolute Gasteiger partial charge is 0.249 e. The van der Waals surface area contributed by atoms with Gasteiger partial charge in [0.2, 0.25) is 5.91 Å². The summed E-state index contributed by atoms with van der Waals surface area (Å²) in [5, 5.41) is 2.92. The highest BCUT2D eigenvalue weighted by atomic mass is 16.5. The summed E-state index contributed by atoms with van der Waals surface area (Å²) in [6.45, 7) is 1.01. The van der Waals surface area contributed by atoms with E-state index in [9.17, 15) is 4.79 Å². The molecule has 2 atom stereocenters. The molecule has 1 heterocycles. The van der Waals surface area contributed by atoms with Gasteiger partial charge in [-0.15, -0.1) is 0 Å². The zero-order chi connectivity index (χ0) is 14.5. The van der Waals surface area contributed by atoms with Crippen molar-refractivity contribution in [3.8, 4) is 0 Å². The van der Waals surface area contributed by atoms with Crippen molar-refractivity contribution in [3.05, 3.63) is 29.8 Å². The van der Waals surface area contributed by atoms with Crippen LogP contribution in [0.4, 0.5) is 5.69 Å². The number of amides is 1. The topological polar surface area (TPSA) is 67.6 Å². The first-order valence-electron chi connectivity index (χ1n) is 6.99. The molecule has 0 aliphatic carbocycles. The monoisotopic (exact) mass is 277 g/mol. The lowest BCUT2D eigenvalue weighted by Gasteiger charge is -2.14. The van der Waals surface area contributed by atoms with Crippen molar-refractivity contribution in [2.45, 2.75) is 31.6 Å². The van der Waals surface area contributed by atoms with E-state index >= 15 is 0 Å². The minimum absolute atomic E-state index is 0.0325. The lowest BCUT2D eigenvalue weighted by Crippen LogP contribution is -2.35. The van der Waals surface area contributed by atoms with Gasteiger partial charge in [-0.05, 0) is 30.5 Å². The summed E-state index contributed by atoms with van der Waals surface area (Å²) in [7, 11) is 4.00. The van der Waals surface area contributed by atoms with Gasteiger partial charge >= 0.3 is 0 Å². The molecule has 1 amide bonds. The number of anilines is 1. The number of nitrogens with zero attached hydrogens (tertiary/aromatic N) is 1. The molecule has 1 aliphatic rings. The van der Waals surface area contributed by atoms with Gasteiger partial charge in [-0.1, -0.05) is 12.1 Å². The van der Waals surface area contributed by atoms with Crippen molar-refractivity contribution in [2.24, 2.45) is 5.73 Å². The van der Waals surface area contributed by atoms with Crippen LogP contribution in [0.3, 0.4) is 0 Å². The third-order valence-electron chi connectivity index (χ3n) is 3.58. The van der Waals surface area contributed by atoms with Gasteiger partial charge in [-0.2, -0.15) is 0 Å². The number of carbonyl (C=O) groups excluding carboxylic acids is 1. The number of benzene rings is 1. The van der Waals surface area contributed by atoms with Crippen molar-refractivity contribution in [3.63, 3.8) is 0 Å². The van der Waals surface area contributed by atoms with Gasteiger partial charge in [-0.25, -0.2) is 0 Å². The second kappa shape index (κ2) is 6.72. The van der Waals surface area contributed by atoms with Crippen LogP contribution in [0.25, 0.3) is 0 Å². The Labute approximate surface area is 120 Å². The summed E-state index contributed by atoms with van der Waals surface area (Å²) in [6.07, 6.45) is 1.31. The zero-order valence-corrected chi connectivity index (χ0v) is 12.1. The summed E-state index contributed by atoms with van der Waals surface area (Å²) in [4.78, 5) is 14.0. The summed E-state index contributed by atoms with van der Waals surface area (Å²) < 4.78 is 5.57. The molecule has 0 aromatic heterocycles. The summed E-state index contributed by atoms with van der Waals surface area (Å²) in [6, 6.07) is 8.12.